The van der Waals surface area contributed by atoms with E-state index in [2.05, 4.69) is 48.0 Å². The lowest BCUT2D eigenvalue weighted by Crippen LogP contribution is -2.00. The molecule has 1 aliphatic rings. The van der Waals surface area contributed by atoms with Crippen LogP contribution in [0, 0.1) is 5.92 Å². The first-order valence-corrected chi connectivity index (χ1v) is 6.48. The molecule has 0 N–H and O–H groups in total. The monoisotopic (exact) mass is 226 g/mol. The largest absolute Gasteiger partial charge is 0.330 e. The summed E-state index contributed by atoms with van der Waals surface area (Å²) in [7, 11) is 0. The van der Waals surface area contributed by atoms with Crippen molar-refractivity contribution in [3.05, 3.63) is 42.2 Å². The van der Waals surface area contributed by atoms with Gasteiger partial charge in [-0.05, 0) is 25.2 Å². The number of aromatic nitrogens is 2. The third kappa shape index (κ3) is 2.26. The van der Waals surface area contributed by atoms with Crippen LogP contribution in [0.15, 0.2) is 36.5 Å². The third-order valence-electron chi connectivity index (χ3n) is 3.37. The Morgan fingerprint density at radius 2 is 2.00 bits per heavy atom. The third-order valence-corrected chi connectivity index (χ3v) is 3.37. The first kappa shape index (κ1) is 10.6. The van der Waals surface area contributed by atoms with E-state index in [4.69, 9.17) is 4.98 Å². The summed E-state index contributed by atoms with van der Waals surface area (Å²) >= 11 is 0. The lowest BCUT2D eigenvalue weighted by molar-refractivity contribution is 0.632. The summed E-state index contributed by atoms with van der Waals surface area (Å²) in [6.45, 7) is 3.30. The number of imidazole rings is 1. The van der Waals surface area contributed by atoms with Gasteiger partial charge in [-0.25, -0.2) is 4.98 Å². The normalized spacial score (nSPS) is 15.1. The summed E-state index contributed by atoms with van der Waals surface area (Å²) in [6, 6.07) is 10.5. The fourth-order valence-electron chi connectivity index (χ4n) is 2.18. The molecule has 2 aromatic rings. The van der Waals surface area contributed by atoms with E-state index in [0.717, 1.165) is 24.7 Å². The molecule has 0 saturated heterocycles. The summed E-state index contributed by atoms with van der Waals surface area (Å²) in [5, 5.41) is 0. The van der Waals surface area contributed by atoms with E-state index < -0.39 is 0 Å². The maximum Gasteiger partial charge on any atom is 0.140 e. The molecular weight excluding hydrogens is 208 g/mol. The quantitative estimate of drug-likeness (QED) is 0.780. The van der Waals surface area contributed by atoms with E-state index in [9.17, 15) is 0 Å². The van der Waals surface area contributed by atoms with Crippen LogP contribution in [0.5, 0.6) is 0 Å². The Labute approximate surface area is 102 Å². The van der Waals surface area contributed by atoms with Crippen molar-refractivity contribution in [2.75, 3.05) is 0 Å². The highest BCUT2D eigenvalue weighted by Crippen LogP contribution is 2.32. The van der Waals surface area contributed by atoms with Crippen LogP contribution in [0.4, 0.5) is 0 Å². The number of hydrogen-bond donors (Lipinski definition) is 0. The highest BCUT2D eigenvalue weighted by atomic mass is 15.1. The average Bonchev–Trinajstić information content (AvgIpc) is 3.09. The van der Waals surface area contributed by atoms with Crippen LogP contribution < -0.4 is 0 Å². The van der Waals surface area contributed by atoms with Gasteiger partial charge in [0.15, 0.2) is 0 Å². The predicted molar refractivity (Wildman–Crippen MR) is 69.8 cm³/mol. The van der Waals surface area contributed by atoms with Crippen molar-refractivity contribution >= 4 is 0 Å². The van der Waals surface area contributed by atoms with Crippen LogP contribution in [0.1, 0.15) is 25.5 Å². The molecule has 0 aliphatic heterocycles. The molecule has 1 saturated carbocycles. The fourth-order valence-corrected chi connectivity index (χ4v) is 2.18. The van der Waals surface area contributed by atoms with E-state index in [1.165, 1.54) is 24.1 Å². The number of nitrogens with zero attached hydrogens (tertiary/aromatic N) is 2. The highest BCUT2D eigenvalue weighted by Gasteiger charge is 2.23. The van der Waals surface area contributed by atoms with Gasteiger partial charge in [-0.3, -0.25) is 0 Å². The maximum atomic E-state index is 4.74. The summed E-state index contributed by atoms with van der Waals surface area (Å²) < 4.78 is 2.34. The second-order valence-corrected chi connectivity index (χ2v) is 4.87. The van der Waals surface area contributed by atoms with Gasteiger partial charge in [0.2, 0.25) is 0 Å². The van der Waals surface area contributed by atoms with E-state index in [1.54, 1.807) is 0 Å². The summed E-state index contributed by atoms with van der Waals surface area (Å²) in [5.74, 6) is 2.02. The number of rotatable bonds is 4. The van der Waals surface area contributed by atoms with Crippen molar-refractivity contribution in [3.63, 3.8) is 0 Å². The molecule has 88 valence electrons. The average molecular weight is 226 g/mol. The first-order valence-electron chi connectivity index (χ1n) is 6.48. The molecule has 0 atom stereocenters. The van der Waals surface area contributed by atoms with Crippen LogP contribution in [-0.4, -0.2) is 9.55 Å². The molecule has 1 heterocycles. The SMILES string of the molecule is CCc1cn(CC2CC2)c(-c2ccccc2)n1. The minimum atomic E-state index is 0.886. The van der Waals surface area contributed by atoms with Crippen molar-refractivity contribution in [2.24, 2.45) is 5.92 Å². The van der Waals surface area contributed by atoms with Crippen LogP contribution >= 0.6 is 0 Å². The van der Waals surface area contributed by atoms with Crippen LogP contribution in [0.25, 0.3) is 11.4 Å². The topological polar surface area (TPSA) is 17.8 Å². The van der Waals surface area contributed by atoms with E-state index in [1.807, 2.05) is 0 Å². The number of aryl methyl sites for hydroxylation is 1. The van der Waals surface area contributed by atoms with Gasteiger partial charge in [-0.15, -0.1) is 0 Å². The Morgan fingerprint density at radius 3 is 2.65 bits per heavy atom. The van der Waals surface area contributed by atoms with Gasteiger partial charge in [0.25, 0.3) is 0 Å². The maximum absolute atomic E-state index is 4.74. The Balaban J connectivity index is 1.98. The summed E-state index contributed by atoms with van der Waals surface area (Å²) in [6.07, 6.45) is 6.00. The van der Waals surface area contributed by atoms with Crippen molar-refractivity contribution < 1.29 is 0 Å². The smallest absolute Gasteiger partial charge is 0.140 e. The molecular formula is C15H18N2. The summed E-state index contributed by atoms with van der Waals surface area (Å²) in [5.41, 5.74) is 2.43. The van der Waals surface area contributed by atoms with E-state index in [-0.39, 0.29) is 0 Å². The van der Waals surface area contributed by atoms with Crippen molar-refractivity contribution in [1.82, 2.24) is 9.55 Å². The van der Waals surface area contributed by atoms with Gasteiger partial charge in [0, 0.05) is 18.3 Å². The summed E-state index contributed by atoms with van der Waals surface area (Å²) in [4.78, 5) is 4.74. The van der Waals surface area contributed by atoms with Crippen LogP contribution in [0.3, 0.4) is 0 Å². The van der Waals surface area contributed by atoms with Gasteiger partial charge >= 0.3 is 0 Å². The molecule has 0 spiro atoms. The Kier molecular flexibility index (Phi) is 2.71. The molecule has 0 amide bonds. The molecule has 3 rings (SSSR count). The van der Waals surface area contributed by atoms with E-state index in [0.29, 0.717) is 0 Å². The fraction of sp³-hybridized carbons (Fsp3) is 0.400. The minimum absolute atomic E-state index is 0.886. The van der Waals surface area contributed by atoms with Gasteiger partial charge < -0.3 is 4.57 Å². The second-order valence-electron chi connectivity index (χ2n) is 4.87. The van der Waals surface area contributed by atoms with Gasteiger partial charge in [0.1, 0.15) is 5.82 Å². The molecule has 17 heavy (non-hydrogen) atoms. The molecule has 0 bridgehead atoms. The molecule has 1 aromatic carbocycles. The highest BCUT2D eigenvalue weighted by molar-refractivity contribution is 5.55. The van der Waals surface area contributed by atoms with E-state index >= 15 is 0 Å². The lowest BCUT2D eigenvalue weighted by atomic mass is 10.2. The Morgan fingerprint density at radius 1 is 1.24 bits per heavy atom. The van der Waals surface area contributed by atoms with Crippen molar-refractivity contribution in [2.45, 2.75) is 32.7 Å². The molecule has 0 unspecified atom stereocenters. The van der Waals surface area contributed by atoms with Crippen LogP contribution in [-0.2, 0) is 13.0 Å². The molecule has 1 fully saturated rings. The standard InChI is InChI=1S/C15H18N2/c1-2-14-11-17(10-12-8-9-12)15(16-14)13-6-4-3-5-7-13/h3-7,11-12H,2,8-10H2,1H3. The zero-order valence-corrected chi connectivity index (χ0v) is 10.3. The predicted octanol–water partition coefficient (Wildman–Crippen LogP) is 3.52. The van der Waals surface area contributed by atoms with Crippen molar-refractivity contribution in [3.8, 4) is 11.4 Å². The molecule has 2 heteroatoms. The van der Waals surface area contributed by atoms with Crippen molar-refractivity contribution in [1.29, 1.82) is 0 Å². The molecule has 2 nitrogen and oxygen atoms in total. The molecule has 1 aliphatic carbocycles. The zero-order valence-electron chi connectivity index (χ0n) is 10.3. The molecule has 1 aromatic heterocycles. The van der Waals surface area contributed by atoms with Crippen LogP contribution in [0.2, 0.25) is 0 Å². The number of benzene rings is 1. The van der Waals surface area contributed by atoms with Gasteiger partial charge in [0.05, 0.1) is 5.69 Å². The molecule has 0 radical (unpaired) electrons. The van der Waals surface area contributed by atoms with Gasteiger partial charge in [-0.1, -0.05) is 37.3 Å². The number of hydrogen-bond acceptors (Lipinski definition) is 1. The Bertz CT molecular complexity index is 495. The lowest BCUT2D eigenvalue weighted by Gasteiger charge is -2.06. The minimum Gasteiger partial charge on any atom is -0.330 e. The zero-order chi connectivity index (χ0) is 11.7. The Hall–Kier alpha value is -1.57. The first-order chi connectivity index (χ1) is 8.36. The van der Waals surface area contributed by atoms with Gasteiger partial charge in [-0.2, -0.15) is 0 Å². The second kappa shape index (κ2) is 4.36.